The number of hydrogen-bond acceptors (Lipinski definition) is 3. The third-order valence-corrected chi connectivity index (χ3v) is 6.27. The number of carboxylic acid groups (broad SMARTS) is 1. The number of carbonyl (C=O) groups excluding carboxylic acids is 1. The van der Waals surface area contributed by atoms with Crippen LogP contribution in [0.1, 0.15) is 81.5 Å². The fraction of sp³-hybridized carbons (Fsp3) is 0.353. The molecule has 0 bridgehead atoms. The Kier molecular flexibility index (Phi) is 14.8. The van der Waals surface area contributed by atoms with Gasteiger partial charge in [-0.2, -0.15) is 0 Å². The molecule has 0 radical (unpaired) electrons. The maximum Gasteiger partial charge on any atom is 0.310 e. The van der Waals surface area contributed by atoms with Gasteiger partial charge in [0.15, 0.2) is 0 Å². The highest BCUT2D eigenvalue weighted by Gasteiger charge is 2.22. The topological polar surface area (TPSA) is 68.5 Å². The van der Waals surface area contributed by atoms with E-state index in [4.69, 9.17) is 4.74 Å². The summed E-state index contributed by atoms with van der Waals surface area (Å²) < 4.78 is 6.86. The van der Waals surface area contributed by atoms with Gasteiger partial charge in [0.1, 0.15) is 5.75 Å². The second kappa shape index (κ2) is 18.4. The number of aromatic nitrogens is 1. The smallest absolute Gasteiger partial charge is 0.310 e. The molecule has 0 saturated carbocycles. The van der Waals surface area contributed by atoms with Gasteiger partial charge in [-0.1, -0.05) is 79.8 Å². The van der Waals surface area contributed by atoms with E-state index in [1.54, 1.807) is 43.0 Å². The van der Waals surface area contributed by atoms with Crippen molar-refractivity contribution in [3.63, 3.8) is 0 Å². The summed E-state index contributed by atoms with van der Waals surface area (Å²) in [5.74, 6) is -1.09. The number of benzene rings is 1. The van der Waals surface area contributed by atoms with Gasteiger partial charge >= 0.3 is 5.97 Å². The van der Waals surface area contributed by atoms with E-state index >= 15 is 0 Å². The average molecular weight is 530 g/mol. The van der Waals surface area contributed by atoms with Crippen LogP contribution >= 0.6 is 0 Å². The minimum Gasteiger partial charge on any atom is -0.497 e. The summed E-state index contributed by atoms with van der Waals surface area (Å²) in [4.78, 5) is 24.5. The number of allylic oxidation sites excluding steroid dienone is 12. The zero-order chi connectivity index (χ0) is 28.3. The van der Waals surface area contributed by atoms with E-state index in [9.17, 15) is 14.7 Å². The van der Waals surface area contributed by atoms with Crippen molar-refractivity contribution in [1.82, 2.24) is 4.57 Å². The minimum absolute atomic E-state index is 0.0615. The number of aliphatic carboxylic acids is 1. The van der Waals surface area contributed by atoms with Crippen LogP contribution in [0.4, 0.5) is 0 Å². The molecule has 1 aromatic heterocycles. The lowest BCUT2D eigenvalue weighted by atomic mass is 10.0. The summed E-state index contributed by atoms with van der Waals surface area (Å²) in [6.07, 6.45) is 34.3. The Morgan fingerprint density at radius 3 is 1.85 bits per heavy atom. The van der Waals surface area contributed by atoms with Gasteiger partial charge in [-0.05, 0) is 75.6 Å². The maximum atomic E-state index is 12.9. The van der Waals surface area contributed by atoms with Gasteiger partial charge < -0.3 is 9.84 Å². The minimum atomic E-state index is -0.928. The van der Waals surface area contributed by atoms with Gasteiger partial charge in [0.25, 0.3) is 0 Å². The predicted molar refractivity (Wildman–Crippen MR) is 163 cm³/mol. The number of fused-ring (bicyclic) bond motifs is 1. The number of rotatable bonds is 17. The molecule has 5 heteroatoms. The number of nitrogens with zero attached hydrogens (tertiary/aromatic N) is 1. The predicted octanol–water partition coefficient (Wildman–Crippen LogP) is 8.96. The summed E-state index contributed by atoms with van der Waals surface area (Å²) in [5.41, 5.74) is 1.31. The number of methoxy groups -OCH3 is 1. The Labute approximate surface area is 233 Å². The second-order valence-electron chi connectivity index (χ2n) is 9.25. The normalized spacial score (nSPS) is 13.4. The summed E-state index contributed by atoms with van der Waals surface area (Å²) >= 11 is 0. The zero-order valence-electron chi connectivity index (χ0n) is 23.6. The molecule has 1 N–H and O–H groups in total. The third-order valence-electron chi connectivity index (χ3n) is 6.27. The Morgan fingerprint density at radius 1 is 0.846 bits per heavy atom. The van der Waals surface area contributed by atoms with Crippen LogP contribution in [0.2, 0.25) is 0 Å². The summed E-state index contributed by atoms with van der Waals surface area (Å²) in [7, 11) is 1.57. The van der Waals surface area contributed by atoms with Gasteiger partial charge in [0, 0.05) is 18.0 Å². The second-order valence-corrected chi connectivity index (χ2v) is 9.25. The molecule has 208 valence electrons. The summed E-state index contributed by atoms with van der Waals surface area (Å²) in [6, 6.07) is 5.38. The number of hydrogen-bond donors (Lipinski definition) is 1. The number of carboxylic acids is 1. The lowest BCUT2D eigenvalue weighted by molar-refractivity contribution is -0.138. The SMILES string of the molecule is CCC=CCC=CCC=CCC=CCC=CCC=CCCC(=O)n1cc(C(C)C(=O)O)c2cc(OC)ccc21. The van der Waals surface area contributed by atoms with Gasteiger partial charge in [-0.25, -0.2) is 0 Å². The molecule has 1 atom stereocenters. The Bertz CT molecular complexity index is 1220. The monoisotopic (exact) mass is 529 g/mol. The van der Waals surface area contributed by atoms with E-state index in [-0.39, 0.29) is 5.91 Å². The van der Waals surface area contributed by atoms with Crippen molar-refractivity contribution in [2.45, 2.75) is 71.1 Å². The first-order valence-corrected chi connectivity index (χ1v) is 13.8. The van der Waals surface area contributed by atoms with Crippen molar-refractivity contribution in [2.24, 2.45) is 0 Å². The molecule has 2 aromatic rings. The molecule has 0 aliphatic carbocycles. The van der Waals surface area contributed by atoms with Crippen molar-refractivity contribution in [3.05, 3.63) is 103 Å². The lowest BCUT2D eigenvalue weighted by Crippen LogP contribution is -2.09. The van der Waals surface area contributed by atoms with Gasteiger partial charge in [0.05, 0.1) is 18.5 Å². The third kappa shape index (κ3) is 11.2. The molecule has 5 nitrogen and oxygen atoms in total. The van der Waals surface area contributed by atoms with Crippen LogP contribution in [0.5, 0.6) is 5.75 Å². The van der Waals surface area contributed by atoms with Crippen LogP contribution in [0.15, 0.2) is 97.3 Å². The van der Waals surface area contributed by atoms with Crippen LogP contribution in [0.25, 0.3) is 10.9 Å². The van der Waals surface area contributed by atoms with E-state index in [0.717, 1.165) is 43.9 Å². The van der Waals surface area contributed by atoms with Crippen molar-refractivity contribution in [3.8, 4) is 5.75 Å². The van der Waals surface area contributed by atoms with Crippen LogP contribution in [0, 0.1) is 0 Å². The van der Waals surface area contributed by atoms with Gasteiger partial charge in [0.2, 0.25) is 5.91 Å². The molecule has 1 heterocycles. The van der Waals surface area contributed by atoms with Gasteiger partial charge in [-0.3, -0.25) is 14.2 Å². The molecule has 1 unspecified atom stereocenters. The molecule has 2 rings (SSSR count). The number of ether oxygens (including phenoxy) is 1. The van der Waals surface area contributed by atoms with Crippen molar-refractivity contribution < 1.29 is 19.4 Å². The van der Waals surface area contributed by atoms with Crippen LogP contribution in [0.3, 0.4) is 0 Å². The van der Waals surface area contributed by atoms with E-state index in [0.29, 0.717) is 29.7 Å². The molecule has 0 aliphatic heterocycles. The molecule has 0 fully saturated rings. The van der Waals surface area contributed by atoms with E-state index in [2.05, 4.69) is 73.8 Å². The highest BCUT2D eigenvalue weighted by molar-refractivity contribution is 5.97. The highest BCUT2D eigenvalue weighted by Crippen LogP contribution is 2.31. The van der Waals surface area contributed by atoms with Crippen molar-refractivity contribution in [2.75, 3.05) is 7.11 Å². The molecular formula is C34H43NO4. The van der Waals surface area contributed by atoms with Crippen molar-refractivity contribution in [1.29, 1.82) is 0 Å². The number of carbonyl (C=O) groups is 2. The van der Waals surface area contributed by atoms with Crippen LogP contribution in [-0.4, -0.2) is 28.7 Å². The molecule has 0 amide bonds. The summed E-state index contributed by atoms with van der Waals surface area (Å²) in [5, 5.41) is 10.2. The highest BCUT2D eigenvalue weighted by atomic mass is 16.5. The zero-order valence-corrected chi connectivity index (χ0v) is 23.6. The molecule has 0 saturated heterocycles. The standard InChI is InChI=1S/C34H43NO4/c1-4-5-6-7-8-9-10-11-12-13-14-15-16-17-18-19-20-21-22-23-33(36)35-27-31(28(2)34(37)38)30-26-29(39-3)24-25-32(30)35/h5-6,8-9,11-12,14-15,17-18,20-21,24-28H,4,7,10,13,16,19,22-23H2,1-3H3,(H,37,38). The maximum absolute atomic E-state index is 12.9. The fourth-order valence-electron chi connectivity index (χ4n) is 4.01. The molecular weight excluding hydrogens is 486 g/mol. The Balaban J connectivity index is 1.72. The molecule has 0 spiro atoms. The molecule has 39 heavy (non-hydrogen) atoms. The van der Waals surface area contributed by atoms with Crippen LogP contribution < -0.4 is 4.74 Å². The van der Waals surface area contributed by atoms with E-state index in [1.165, 1.54) is 0 Å². The van der Waals surface area contributed by atoms with E-state index in [1.807, 2.05) is 6.08 Å². The van der Waals surface area contributed by atoms with Crippen LogP contribution in [-0.2, 0) is 4.79 Å². The Hall–Kier alpha value is -3.86. The van der Waals surface area contributed by atoms with Crippen molar-refractivity contribution >= 4 is 22.8 Å². The van der Waals surface area contributed by atoms with Gasteiger partial charge in [-0.15, -0.1) is 0 Å². The summed E-state index contributed by atoms with van der Waals surface area (Å²) in [6.45, 7) is 3.77. The first kappa shape index (κ1) is 31.4. The Morgan fingerprint density at radius 2 is 1.36 bits per heavy atom. The first-order chi connectivity index (χ1) is 19.0. The first-order valence-electron chi connectivity index (χ1n) is 13.8. The fourth-order valence-corrected chi connectivity index (χ4v) is 4.01. The van der Waals surface area contributed by atoms with E-state index < -0.39 is 11.9 Å². The quantitative estimate of drug-likeness (QED) is 0.208. The largest absolute Gasteiger partial charge is 0.497 e. The molecule has 0 aliphatic rings. The molecule has 1 aromatic carbocycles. The lowest BCUT2D eigenvalue weighted by Gasteiger charge is -2.05. The average Bonchev–Trinajstić information content (AvgIpc) is 3.32.